The van der Waals surface area contributed by atoms with E-state index in [0.29, 0.717) is 6.10 Å². The van der Waals surface area contributed by atoms with Gasteiger partial charge in [0.05, 0.1) is 6.10 Å². The first-order chi connectivity index (χ1) is 6.94. The standard InChI is InChI=1S/C13H25NO/c1-12(2,3)14-9-6-10-15-11-7-5-8-13(11,14)4/h11H,5-10H2,1-4H3/t11?,13-/m0/s1. The summed E-state index contributed by atoms with van der Waals surface area (Å²) in [5.41, 5.74) is 0.555. The average molecular weight is 211 g/mol. The van der Waals surface area contributed by atoms with Gasteiger partial charge in [-0.25, -0.2) is 0 Å². The normalized spacial score (nSPS) is 38.8. The van der Waals surface area contributed by atoms with Crippen LogP contribution in [-0.2, 0) is 4.74 Å². The molecule has 1 saturated heterocycles. The van der Waals surface area contributed by atoms with Crippen molar-refractivity contribution in [2.45, 2.75) is 70.6 Å². The summed E-state index contributed by atoms with van der Waals surface area (Å²) in [6.07, 6.45) is 5.54. The van der Waals surface area contributed by atoms with E-state index in [4.69, 9.17) is 4.74 Å². The second kappa shape index (κ2) is 3.74. The molecule has 1 aliphatic heterocycles. The Morgan fingerprint density at radius 3 is 2.67 bits per heavy atom. The summed E-state index contributed by atoms with van der Waals surface area (Å²) >= 11 is 0. The molecule has 2 atom stereocenters. The molecule has 88 valence electrons. The topological polar surface area (TPSA) is 12.5 Å². The van der Waals surface area contributed by atoms with Crippen LogP contribution in [0.15, 0.2) is 0 Å². The third kappa shape index (κ3) is 1.94. The Labute approximate surface area is 94.0 Å². The number of nitrogens with zero attached hydrogens (tertiary/aromatic N) is 1. The molecule has 2 fully saturated rings. The van der Waals surface area contributed by atoms with Gasteiger partial charge in [0, 0.05) is 24.2 Å². The van der Waals surface area contributed by atoms with E-state index in [-0.39, 0.29) is 11.1 Å². The Kier molecular flexibility index (Phi) is 2.85. The summed E-state index contributed by atoms with van der Waals surface area (Å²) in [5, 5.41) is 0. The highest BCUT2D eigenvalue weighted by atomic mass is 16.5. The molecule has 2 nitrogen and oxygen atoms in total. The fraction of sp³-hybridized carbons (Fsp3) is 1.00. The van der Waals surface area contributed by atoms with Crippen LogP contribution in [0.5, 0.6) is 0 Å². The molecule has 0 aromatic carbocycles. The summed E-state index contributed by atoms with van der Waals surface area (Å²) in [4.78, 5) is 2.69. The van der Waals surface area contributed by atoms with Crippen molar-refractivity contribution in [2.75, 3.05) is 13.2 Å². The van der Waals surface area contributed by atoms with E-state index in [1.54, 1.807) is 0 Å². The monoisotopic (exact) mass is 211 g/mol. The molecular formula is C13H25NO. The summed E-state index contributed by atoms with van der Waals surface area (Å²) in [6, 6.07) is 0. The van der Waals surface area contributed by atoms with Gasteiger partial charge in [-0.2, -0.15) is 0 Å². The van der Waals surface area contributed by atoms with Crippen LogP contribution >= 0.6 is 0 Å². The lowest BCUT2D eigenvalue weighted by molar-refractivity contribution is -0.0502. The van der Waals surface area contributed by atoms with Crippen LogP contribution in [0.25, 0.3) is 0 Å². The van der Waals surface area contributed by atoms with Gasteiger partial charge in [0.15, 0.2) is 0 Å². The Morgan fingerprint density at radius 1 is 1.27 bits per heavy atom. The minimum absolute atomic E-state index is 0.269. The van der Waals surface area contributed by atoms with Gasteiger partial charge >= 0.3 is 0 Å². The Balaban J connectivity index is 2.27. The molecule has 0 radical (unpaired) electrons. The second-order valence-corrected chi connectivity index (χ2v) is 6.28. The summed E-state index contributed by atoms with van der Waals surface area (Å²) in [5.74, 6) is 0. The molecule has 15 heavy (non-hydrogen) atoms. The van der Waals surface area contributed by atoms with Gasteiger partial charge in [0.2, 0.25) is 0 Å². The highest BCUT2D eigenvalue weighted by Crippen LogP contribution is 2.42. The van der Waals surface area contributed by atoms with Crippen molar-refractivity contribution >= 4 is 0 Å². The SMILES string of the molecule is CC(C)(C)N1CCCOC2CCC[C@@]21C. The van der Waals surface area contributed by atoms with E-state index in [9.17, 15) is 0 Å². The lowest BCUT2D eigenvalue weighted by atomic mass is 9.89. The van der Waals surface area contributed by atoms with Crippen molar-refractivity contribution in [1.82, 2.24) is 4.90 Å². The van der Waals surface area contributed by atoms with Crippen LogP contribution < -0.4 is 0 Å². The molecule has 1 aliphatic carbocycles. The Hall–Kier alpha value is -0.0800. The number of hydrogen-bond donors (Lipinski definition) is 0. The van der Waals surface area contributed by atoms with Crippen LogP contribution in [0, 0.1) is 0 Å². The highest BCUT2D eigenvalue weighted by molar-refractivity contribution is 5.03. The van der Waals surface area contributed by atoms with E-state index in [1.807, 2.05) is 0 Å². The number of fused-ring (bicyclic) bond motifs is 1. The van der Waals surface area contributed by atoms with Gasteiger partial charge in [0.25, 0.3) is 0 Å². The largest absolute Gasteiger partial charge is 0.376 e. The van der Waals surface area contributed by atoms with Crippen molar-refractivity contribution in [3.8, 4) is 0 Å². The maximum atomic E-state index is 6.01. The molecule has 0 aromatic heterocycles. The first-order valence-corrected chi connectivity index (χ1v) is 6.34. The second-order valence-electron chi connectivity index (χ2n) is 6.28. The average Bonchev–Trinajstić information content (AvgIpc) is 2.38. The van der Waals surface area contributed by atoms with E-state index in [2.05, 4.69) is 32.6 Å². The van der Waals surface area contributed by atoms with Crippen molar-refractivity contribution in [3.63, 3.8) is 0 Å². The van der Waals surface area contributed by atoms with E-state index in [0.717, 1.165) is 6.61 Å². The summed E-state index contributed by atoms with van der Waals surface area (Å²) in [7, 11) is 0. The lowest BCUT2D eigenvalue weighted by Gasteiger charge is -2.48. The molecule has 0 bridgehead atoms. The maximum absolute atomic E-state index is 6.01. The van der Waals surface area contributed by atoms with Crippen LogP contribution in [0.2, 0.25) is 0 Å². The lowest BCUT2D eigenvalue weighted by Crippen LogP contribution is -2.58. The fourth-order valence-corrected chi connectivity index (χ4v) is 3.49. The van der Waals surface area contributed by atoms with E-state index < -0.39 is 0 Å². The third-order valence-corrected chi connectivity index (χ3v) is 4.11. The van der Waals surface area contributed by atoms with Crippen molar-refractivity contribution in [3.05, 3.63) is 0 Å². The van der Waals surface area contributed by atoms with E-state index >= 15 is 0 Å². The van der Waals surface area contributed by atoms with Crippen molar-refractivity contribution < 1.29 is 4.74 Å². The maximum Gasteiger partial charge on any atom is 0.0756 e. The fourth-order valence-electron chi connectivity index (χ4n) is 3.49. The van der Waals surface area contributed by atoms with Crippen LogP contribution in [-0.4, -0.2) is 35.2 Å². The van der Waals surface area contributed by atoms with Crippen molar-refractivity contribution in [2.24, 2.45) is 0 Å². The zero-order valence-electron chi connectivity index (χ0n) is 10.7. The first-order valence-electron chi connectivity index (χ1n) is 6.34. The Morgan fingerprint density at radius 2 is 2.00 bits per heavy atom. The minimum atomic E-state index is 0.269. The van der Waals surface area contributed by atoms with Crippen LogP contribution in [0.3, 0.4) is 0 Å². The molecule has 2 rings (SSSR count). The zero-order valence-corrected chi connectivity index (χ0v) is 10.7. The quantitative estimate of drug-likeness (QED) is 0.611. The van der Waals surface area contributed by atoms with Gasteiger partial charge < -0.3 is 4.74 Å². The third-order valence-electron chi connectivity index (χ3n) is 4.11. The van der Waals surface area contributed by atoms with Crippen molar-refractivity contribution in [1.29, 1.82) is 0 Å². The molecule has 2 heteroatoms. The highest BCUT2D eigenvalue weighted by Gasteiger charge is 2.48. The molecule has 2 aliphatic rings. The molecule has 0 N–H and O–H groups in total. The summed E-state index contributed by atoms with van der Waals surface area (Å²) in [6.45, 7) is 11.5. The smallest absolute Gasteiger partial charge is 0.0756 e. The molecular weight excluding hydrogens is 186 g/mol. The van der Waals surface area contributed by atoms with E-state index in [1.165, 1.54) is 32.2 Å². The molecule has 0 aromatic rings. The van der Waals surface area contributed by atoms with Crippen LogP contribution in [0.4, 0.5) is 0 Å². The molecule has 1 unspecified atom stereocenters. The molecule has 1 saturated carbocycles. The molecule has 0 amide bonds. The Bertz CT molecular complexity index is 233. The zero-order chi connectivity index (χ0) is 11.1. The number of ether oxygens (including phenoxy) is 1. The van der Waals surface area contributed by atoms with Gasteiger partial charge in [0.1, 0.15) is 0 Å². The molecule has 0 spiro atoms. The number of rotatable bonds is 0. The summed E-state index contributed by atoms with van der Waals surface area (Å²) < 4.78 is 6.01. The number of hydrogen-bond acceptors (Lipinski definition) is 2. The molecule has 1 heterocycles. The van der Waals surface area contributed by atoms with Crippen LogP contribution in [0.1, 0.15) is 53.4 Å². The van der Waals surface area contributed by atoms with Gasteiger partial charge in [-0.1, -0.05) is 0 Å². The van der Waals surface area contributed by atoms with Gasteiger partial charge in [-0.05, 0) is 53.4 Å². The first kappa shape index (κ1) is 11.4. The minimum Gasteiger partial charge on any atom is -0.376 e. The van der Waals surface area contributed by atoms with Gasteiger partial charge in [-0.3, -0.25) is 4.90 Å². The van der Waals surface area contributed by atoms with Gasteiger partial charge in [-0.15, -0.1) is 0 Å². The predicted molar refractivity (Wildman–Crippen MR) is 63.1 cm³/mol. The predicted octanol–water partition coefficient (Wildman–Crippen LogP) is 2.82.